The topological polar surface area (TPSA) is 45.0 Å². The number of benzene rings is 1. The molecule has 0 aliphatic heterocycles. The highest BCUT2D eigenvalue weighted by Crippen LogP contribution is 2.37. The normalized spacial score (nSPS) is 27.5. The summed E-state index contributed by atoms with van der Waals surface area (Å²) in [6.07, 6.45) is 3.17. The van der Waals surface area contributed by atoms with Crippen LogP contribution in [0, 0.1) is 17.2 Å². The summed E-state index contributed by atoms with van der Waals surface area (Å²) in [5.41, 5.74) is 0.593. The number of nitrogens with zero attached hydrogens (tertiary/aromatic N) is 1. The second kappa shape index (κ2) is 4.67. The lowest BCUT2D eigenvalue weighted by atomic mass is 9.89. The standard InChI is InChI=1S/C14H18N2O/c1-11-4-3-9-14(11,10-15)16-12-5-7-13(17-2)8-6-12/h5-8,11,16H,3-4,9H2,1-2H3. The van der Waals surface area contributed by atoms with Gasteiger partial charge in [0.1, 0.15) is 11.3 Å². The molecule has 3 nitrogen and oxygen atoms in total. The molecule has 1 fully saturated rings. The third-order valence-corrected chi connectivity index (χ3v) is 3.71. The zero-order chi connectivity index (χ0) is 12.3. The lowest BCUT2D eigenvalue weighted by molar-refractivity contribution is 0.414. The van der Waals surface area contributed by atoms with Gasteiger partial charge >= 0.3 is 0 Å². The monoisotopic (exact) mass is 230 g/mol. The highest BCUT2D eigenvalue weighted by molar-refractivity contribution is 5.50. The molecule has 1 aliphatic rings. The van der Waals surface area contributed by atoms with Crippen LogP contribution < -0.4 is 10.1 Å². The lowest BCUT2D eigenvalue weighted by Gasteiger charge is -2.28. The minimum atomic E-state index is -0.394. The SMILES string of the molecule is COc1ccc(NC2(C#N)CCCC2C)cc1. The van der Waals surface area contributed by atoms with E-state index in [9.17, 15) is 5.26 Å². The first-order chi connectivity index (χ1) is 8.20. The van der Waals surface area contributed by atoms with Gasteiger partial charge in [0.05, 0.1) is 13.2 Å². The molecule has 2 unspecified atom stereocenters. The van der Waals surface area contributed by atoms with Gasteiger partial charge in [-0.15, -0.1) is 0 Å². The number of hydrogen-bond donors (Lipinski definition) is 1. The van der Waals surface area contributed by atoms with Crippen molar-refractivity contribution >= 4 is 5.69 Å². The van der Waals surface area contributed by atoms with Crippen LogP contribution in [0.1, 0.15) is 26.2 Å². The molecule has 0 radical (unpaired) electrons. The van der Waals surface area contributed by atoms with Crippen molar-refractivity contribution in [3.63, 3.8) is 0 Å². The van der Waals surface area contributed by atoms with Gasteiger partial charge in [-0.25, -0.2) is 0 Å². The van der Waals surface area contributed by atoms with Crippen LogP contribution in [-0.4, -0.2) is 12.6 Å². The van der Waals surface area contributed by atoms with Crippen molar-refractivity contribution in [3.05, 3.63) is 24.3 Å². The van der Waals surface area contributed by atoms with Gasteiger partial charge in [-0.1, -0.05) is 6.92 Å². The molecule has 90 valence electrons. The third kappa shape index (κ3) is 2.21. The summed E-state index contributed by atoms with van der Waals surface area (Å²) in [6, 6.07) is 10.2. The molecule has 0 bridgehead atoms. The van der Waals surface area contributed by atoms with Gasteiger partial charge in [-0.05, 0) is 49.4 Å². The van der Waals surface area contributed by atoms with E-state index >= 15 is 0 Å². The zero-order valence-electron chi connectivity index (χ0n) is 10.4. The molecule has 0 spiro atoms. The molecule has 17 heavy (non-hydrogen) atoms. The van der Waals surface area contributed by atoms with Crippen molar-refractivity contribution in [2.45, 2.75) is 31.7 Å². The van der Waals surface area contributed by atoms with Crippen molar-refractivity contribution in [2.75, 3.05) is 12.4 Å². The molecule has 2 atom stereocenters. The fourth-order valence-corrected chi connectivity index (χ4v) is 2.49. The first-order valence-electron chi connectivity index (χ1n) is 6.04. The highest BCUT2D eigenvalue weighted by atomic mass is 16.5. The number of anilines is 1. The van der Waals surface area contributed by atoms with Gasteiger partial charge < -0.3 is 10.1 Å². The van der Waals surface area contributed by atoms with Crippen LogP contribution in [0.25, 0.3) is 0 Å². The van der Waals surface area contributed by atoms with Gasteiger partial charge in [-0.3, -0.25) is 0 Å². The Morgan fingerprint density at radius 2 is 2.12 bits per heavy atom. The summed E-state index contributed by atoms with van der Waals surface area (Å²) >= 11 is 0. The smallest absolute Gasteiger partial charge is 0.127 e. The molecule has 3 heteroatoms. The number of hydrogen-bond acceptors (Lipinski definition) is 3. The first kappa shape index (κ1) is 11.8. The largest absolute Gasteiger partial charge is 0.497 e. The Morgan fingerprint density at radius 1 is 1.41 bits per heavy atom. The summed E-state index contributed by atoms with van der Waals surface area (Å²) in [6.45, 7) is 2.15. The third-order valence-electron chi connectivity index (χ3n) is 3.71. The molecular formula is C14H18N2O. The average molecular weight is 230 g/mol. The Labute approximate surface area is 102 Å². The van der Waals surface area contributed by atoms with Crippen LogP contribution in [0.15, 0.2) is 24.3 Å². The predicted octanol–water partition coefficient (Wildman–Crippen LogP) is 3.19. The Balaban J connectivity index is 2.16. The van der Waals surface area contributed by atoms with Gasteiger partial charge in [-0.2, -0.15) is 5.26 Å². The summed E-state index contributed by atoms with van der Waals surface area (Å²) in [5.74, 6) is 1.23. The Hall–Kier alpha value is -1.69. The zero-order valence-corrected chi connectivity index (χ0v) is 10.4. The minimum Gasteiger partial charge on any atom is -0.497 e. The van der Waals surface area contributed by atoms with Crippen LogP contribution in [0.2, 0.25) is 0 Å². The van der Waals surface area contributed by atoms with Crippen LogP contribution >= 0.6 is 0 Å². The molecule has 0 aromatic heterocycles. The number of ether oxygens (including phenoxy) is 1. The molecule has 2 rings (SSSR count). The number of nitrogens with one attached hydrogen (secondary N) is 1. The van der Waals surface area contributed by atoms with E-state index in [2.05, 4.69) is 18.3 Å². The molecule has 1 aliphatic carbocycles. The van der Waals surface area contributed by atoms with Crippen molar-refractivity contribution in [2.24, 2.45) is 5.92 Å². The van der Waals surface area contributed by atoms with E-state index in [0.29, 0.717) is 5.92 Å². The van der Waals surface area contributed by atoms with Crippen molar-refractivity contribution < 1.29 is 4.74 Å². The van der Waals surface area contributed by atoms with Gasteiger partial charge in [0, 0.05) is 5.69 Å². The van der Waals surface area contributed by atoms with Crippen LogP contribution in [0.4, 0.5) is 5.69 Å². The molecule has 0 heterocycles. The van der Waals surface area contributed by atoms with E-state index < -0.39 is 5.54 Å². The summed E-state index contributed by atoms with van der Waals surface area (Å²) in [4.78, 5) is 0. The Kier molecular flexibility index (Phi) is 3.23. The number of nitriles is 1. The first-order valence-corrected chi connectivity index (χ1v) is 6.04. The van der Waals surface area contributed by atoms with Crippen LogP contribution in [0.5, 0.6) is 5.75 Å². The van der Waals surface area contributed by atoms with E-state index in [0.717, 1.165) is 30.7 Å². The molecular weight excluding hydrogens is 212 g/mol. The second-order valence-electron chi connectivity index (χ2n) is 4.73. The van der Waals surface area contributed by atoms with Crippen LogP contribution in [-0.2, 0) is 0 Å². The molecule has 0 amide bonds. The van der Waals surface area contributed by atoms with E-state index in [-0.39, 0.29) is 0 Å². The maximum absolute atomic E-state index is 9.41. The average Bonchev–Trinajstić information content (AvgIpc) is 2.72. The highest BCUT2D eigenvalue weighted by Gasteiger charge is 2.40. The molecule has 0 saturated heterocycles. The maximum atomic E-state index is 9.41. The number of rotatable bonds is 3. The lowest BCUT2D eigenvalue weighted by Crippen LogP contribution is -2.39. The van der Waals surface area contributed by atoms with Crippen molar-refractivity contribution in [1.29, 1.82) is 5.26 Å². The summed E-state index contributed by atoms with van der Waals surface area (Å²) in [7, 11) is 1.65. The summed E-state index contributed by atoms with van der Waals surface area (Å²) < 4.78 is 5.12. The number of methoxy groups -OCH3 is 1. The second-order valence-corrected chi connectivity index (χ2v) is 4.73. The quantitative estimate of drug-likeness (QED) is 0.867. The van der Waals surface area contributed by atoms with E-state index in [1.807, 2.05) is 24.3 Å². The Bertz CT molecular complexity index is 421. The van der Waals surface area contributed by atoms with Gasteiger partial charge in [0.15, 0.2) is 0 Å². The van der Waals surface area contributed by atoms with E-state index in [4.69, 9.17) is 4.74 Å². The van der Waals surface area contributed by atoms with Crippen LogP contribution in [0.3, 0.4) is 0 Å². The van der Waals surface area contributed by atoms with Gasteiger partial charge in [0.2, 0.25) is 0 Å². The van der Waals surface area contributed by atoms with E-state index in [1.54, 1.807) is 7.11 Å². The Morgan fingerprint density at radius 3 is 2.59 bits per heavy atom. The molecule has 1 aromatic carbocycles. The maximum Gasteiger partial charge on any atom is 0.127 e. The predicted molar refractivity (Wildman–Crippen MR) is 68.0 cm³/mol. The summed E-state index contributed by atoms with van der Waals surface area (Å²) in [5, 5.41) is 12.8. The van der Waals surface area contributed by atoms with Gasteiger partial charge in [0.25, 0.3) is 0 Å². The minimum absolute atomic E-state index is 0.394. The molecule has 1 aromatic rings. The van der Waals surface area contributed by atoms with Crippen molar-refractivity contribution in [1.82, 2.24) is 0 Å². The fraction of sp³-hybridized carbons (Fsp3) is 0.500. The fourth-order valence-electron chi connectivity index (χ4n) is 2.49. The molecule has 1 saturated carbocycles. The van der Waals surface area contributed by atoms with E-state index in [1.165, 1.54) is 0 Å². The van der Waals surface area contributed by atoms with Crippen molar-refractivity contribution in [3.8, 4) is 11.8 Å². The molecule has 1 N–H and O–H groups in total.